The molecule has 0 aliphatic carbocycles. The summed E-state index contributed by atoms with van der Waals surface area (Å²) in [5.41, 5.74) is 0. The standard InChI is InChI=1S/C10H15BrN2O2S2/c11-9-4-7-16-10(9)17(14,15)13-8-2-1-5-12-6-3-8/h4,7-8,12-13H,1-3,5-6H2. The molecule has 0 bridgehead atoms. The van der Waals surface area contributed by atoms with E-state index in [1.807, 2.05) is 0 Å². The van der Waals surface area contributed by atoms with Crippen LogP contribution in [0.4, 0.5) is 0 Å². The van der Waals surface area contributed by atoms with Crippen molar-refractivity contribution in [1.29, 1.82) is 0 Å². The lowest BCUT2D eigenvalue weighted by molar-refractivity contribution is 0.519. The van der Waals surface area contributed by atoms with Crippen LogP contribution in [0.15, 0.2) is 20.1 Å². The summed E-state index contributed by atoms with van der Waals surface area (Å²) in [6.07, 6.45) is 2.76. The summed E-state index contributed by atoms with van der Waals surface area (Å²) in [5, 5.41) is 5.04. The third-order valence-corrected chi connectivity index (χ3v) is 6.92. The molecule has 7 heteroatoms. The first-order valence-electron chi connectivity index (χ1n) is 5.55. The van der Waals surface area contributed by atoms with E-state index in [4.69, 9.17) is 0 Å². The Bertz CT molecular complexity index is 464. The molecule has 1 unspecified atom stereocenters. The van der Waals surface area contributed by atoms with Crippen molar-refractivity contribution in [3.8, 4) is 0 Å². The average molecular weight is 339 g/mol. The Morgan fingerprint density at radius 2 is 2.24 bits per heavy atom. The molecule has 1 aliphatic rings. The summed E-state index contributed by atoms with van der Waals surface area (Å²) in [5.74, 6) is 0. The first-order chi connectivity index (χ1) is 8.09. The molecule has 96 valence electrons. The molecule has 4 nitrogen and oxygen atoms in total. The van der Waals surface area contributed by atoms with E-state index in [1.54, 1.807) is 11.4 Å². The molecular formula is C10H15BrN2O2S2. The Morgan fingerprint density at radius 1 is 1.41 bits per heavy atom. The fourth-order valence-electron chi connectivity index (χ4n) is 1.88. The van der Waals surface area contributed by atoms with Crippen LogP contribution in [0.3, 0.4) is 0 Å². The van der Waals surface area contributed by atoms with Crippen molar-refractivity contribution in [1.82, 2.24) is 10.0 Å². The molecule has 1 aromatic rings. The lowest BCUT2D eigenvalue weighted by Crippen LogP contribution is -2.35. The van der Waals surface area contributed by atoms with Gasteiger partial charge in [-0.15, -0.1) is 11.3 Å². The Morgan fingerprint density at radius 3 is 2.94 bits per heavy atom. The fraction of sp³-hybridized carbons (Fsp3) is 0.600. The van der Waals surface area contributed by atoms with Crippen molar-refractivity contribution < 1.29 is 8.42 Å². The number of sulfonamides is 1. The largest absolute Gasteiger partial charge is 0.317 e. The minimum Gasteiger partial charge on any atom is -0.317 e. The minimum absolute atomic E-state index is 0.0454. The van der Waals surface area contributed by atoms with E-state index in [-0.39, 0.29) is 6.04 Å². The monoisotopic (exact) mass is 338 g/mol. The molecule has 0 radical (unpaired) electrons. The maximum Gasteiger partial charge on any atom is 0.251 e. The van der Waals surface area contributed by atoms with E-state index in [0.717, 1.165) is 32.4 Å². The van der Waals surface area contributed by atoms with Gasteiger partial charge in [0.2, 0.25) is 0 Å². The second kappa shape index (κ2) is 5.79. The third-order valence-electron chi connectivity index (χ3n) is 2.73. The second-order valence-corrected chi connectivity index (χ2v) is 7.73. The molecule has 2 rings (SSSR count). The summed E-state index contributed by atoms with van der Waals surface area (Å²) in [6, 6.07) is 1.80. The highest BCUT2D eigenvalue weighted by molar-refractivity contribution is 9.10. The van der Waals surface area contributed by atoms with Crippen molar-refractivity contribution in [2.24, 2.45) is 0 Å². The van der Waals surface area contributed by atoms with Crippen molar-refractivity contribution in [3.63, 3.8) is 0 Å². The molecule has 0 amide bonds. The SMILES string of the molecule is O=S(=O)(NC1CCCNCC1)c1sccc1Br. The minimum atomic E-state index is -3.37. The lowest BCUT2D eigenvalue weighted by atomic mass is 10.1. The number of rotatable bonds is 3. The van der Waals surface area contributed by atoms with Gasteiger partial charge in [0.05, 0.1) is 0 Å². The van der Waals surface area contributed by atoms with E-state index < -0.39 is 10.0 Å². The fourth-order valence-corrected chi connectivity index (χ4v) is 5.54. The first kappa shape index (κ1) is 13.5. The number of thiophene rings is 1. The topological polar surface area (TPSA) is 58.2 Å². The summed E-state index contributed by atoms with van der Waals surface area (Å²) in [4.78, 5) is 0. The molecule has 1 atom stereocenters. The van der Waals surface area contributed by atoms with Crippen LogP contribution in [0, 0.1) is 0 Å². The first-order valence-corrected chi connectivity index (χ1v) is 8.71. The van der Waals surface area contributed by atoms with Crippen molar-refractivity contribution in [2.75, 3.05) is 13.1 Å². The number of halogens is 1. The van der Waals surface area contributed by atoms with Crippen LogP contribution < -0.4 is 10.0 Å². The molecule has 0 aromatic carbocycles. The number of nitrogens with one attached hydrogen (secondary N) is 2. The average Bonchev–Trinajstić information content (AvgIpc) is 2.55. The van der Waals surface area contributed by atoms with Gasteiger partial charge in [-0.05, 0) is 59.7 Å². The van der Waals surface area contributed by atoms with E-state index >= 15 is 0 Å². The molecule has 0 saturated carbocycles. The van der Waals surface area contributed by atoms with Crippen LogP contribution in [-0.2, 0) is 10.0 Å². The van der Waals surface area contributed by atoms with Gasteiger partial charge >= 0.3 is 0 Å². The van der Waals surface area contributed by atoms with Crippen LogP contribution >= 0.6 is 27.3 Å². The van der Waals surface area contributed by atoms with Gasteiger partial charge in [0, 0.05) is 10.5 Å². The Labute approximate surface area is 114 Å². The zero-order valence-electron chi connectivity index (χ0n) is 9.28. The molecule has 2 heterocycles. The molecule has 1 aliphatic heterocycles. The zero-order chi connectivity index (χ0) is 12.3. The maximum absolute atomic E-state index is 12.1. The molecule has 1 fully saturated rings. The van der Waals surface area contributed by atoms with Gasteiger partial charge in [-0.25, -0.2) is 13.1 Å². The predicted molar refractivity (Wildman–Crippen MR) is 72.8 cm³/mol. The highest BCUT2D eigenvalue weighted by atomic mass is 79.9. The van der Waals surface area contributed by atoms with Gasteiger partial charge in [0.1, 0.15) is 4.21 Å². The summed E-state index contributed by atoms with van der Waals surface area (Å²) >= 11 is 4.50. The van der Waals surface area contributed by atoms with Crippen LogP contribution in [-0.4, -0.2) is 27.5 Å². The van der Waals surface area contributed by atoms with Gasteiger partial charge < -0.3 is 5.32 Å². The predicted octanol–water partition coefficient (Wildman–Crippen LogP) is 1.93. The molecule has 2 N–H and O–H groups in total. The van der Waals surface area contributed by atoms with E-state index in [1.165, 1.54) is 11.3 Å². The summed E-state index contributed by atoms with van der Waals surface area (Å²) < 4.78 is 28.1. The molecular weight excluding hydrogens is 324 g/mol. The highest BCUT2D eigenvalue weighted by Crippen LogP contribution is 2.27. The van der Waals surface area contributed by atoms with Gasteiger partial charge in [0.25, 0.3) is 10.0 Å². The van der Waals surface area contributed by atoms with Gasteiger partial charge in [-0.1, -0.05) is 0 Å². The Kier molecular flexibility index (Phi) is 4.59. The molecule has 0 spiro atoms. The van der Waals surface area contributed by atoms with Crippen LogP contribution in [0.2, 0.25) is 0 Å². The number of hydrogen-bond donors (Lipinski definition) is 2. The Balaban J connectivity index is 2.09. The van der Waals surface area contributed by atoms with E-state index in [0.29, 0.717) is 8.68 Å². The maximum atomic E-state index is 12.1. The normalized spacial score (nSPS) is 22.3. The van der Waals surface area contributed by atoms with Crippen LogP contribution in [0.25, 0.3) is 0 Å². The lowest BCUT2D eigenvalue weighted by Gasteiger charge is -2.15. The second-order valence-electron chi connectivity index (χ2n) is 4.06. The third kappa shape index (κ3) is 3.51. The molecule has 17 heavy (non-hydrogen) atoms. The van der Waals surface area contributed by atoms with E-state index in [9.17, 15) is 8.42 Å². The van der Waals surface area contributed by atoms with Crippen LogP contribution in [0.5, 0.6) is 0 Å². The summed E-state index contributed by atoms with van der Waals surface area (Å²) in [6.45, 7) is 1.85. The van der Waals surface area contributed by atoms with Gasteiger partial charge in [-0.3, -0.25) is 0 Å². The van der Waals surface area contributed by atoms with Gasteiger partial charge in [0.15, 0.2) is 0 Å². The van der Waals surface area contributed by atoms with E-state index in [2.05, 4.69) is 26.0 Å². The summed E-state index contributed by atoms with van der Waals surface area (Å²) in [7, 11) is -3.37. The van der Waals surface area contributed by atoms with Crippen LogP contribution in [0.1, 0.15) is 19.3 Å². The molecule has 1 saturated heterocycles. The van der Waals surface area contributed by atoms with Crippen molar-refractivity contribution >= 4 is 37.3 Å². The quantitative estimate of drug-likeness (QED) is 0.885. The number of hydrogen-bond acceptors (Lipinski definition) is 4. The molecule has 1 aromatic heterocycles. The van der Waals surface area contributed by atoms with Crippen molar-refractivity contribution in [2.45, 2.75) is 29.5 Å². The Hall–Kier alpha value is 0.0500. The van der Waals surface area contributed by atoms with Gasteiger partial charge in [-0.2, -0.15) is 0 Å². The smallest absolute Gasteiger partial charge is 0.251 e. The van der Waals surface area contributed by atoms with Crippen molar-refractivity contribution in [3.05, 3.63) is 15.9 Å². The zero-order valence-corrected chi connectivity index (χ0v) is 12.5. The highest BCUT2D eigenvalue weighted by Gasteiger charge is 2.23.